The van der Waals surface area contributed by atoms with Crippen LogP contribution in [0.25, 0.3) is 0 Å². The zero-order valence-corrected chi connectivity index (χ0v) is 15.8. The number of nitrogen functional groups attached to an aromatic ring is 1. The fraction of sp³-hybridized carbons (Fsp3) is 0. The van der Waals surface area contributed by atoms with E-state index in [-0.39, 0.29) is 10.6 Å². The van der Waals surface area contributed by atoms with Crippen LogP contribution in [0.3, 0.4) is 0 Å². The minimum atomic E-state index is -3.84. The molecule has 0 aliphatic heterocycles. The Bertz CT molecular complexity index is 760. The molecule has 0 atom stereocenters. The second-order valence-corrected chi connectivity index (χ2v) is 8.14. The first-order valence-electron chi connectivity index (χ1n) is 5.43. The highest BCUT2D eigenvalue weighted by Gasteiger charge is 2.21. The van der Waals surface area contributed by atoms with Gasteiger partial charge in [0, 0.05) is 25.8 Å². The number of hydrogen-bond donors (Lipinski definition) is 3. The van der Waals surface area contributed by atoms with E-state index >= 15 is 0 Å². The number of halogens is 3. The summed E-state index contributed by atoms with van der Waals surface area (Å²) < 4.78 is 29.4. The van der Waals surface area contributed by atoms with Crippen molar-refractivity contribution in [3.8, 4) is 0 Å². The van der Waals surface area contributed by atoms with Gasteiger partial charge in [0.25, 0.3) is 10.0 Å². The van der Waals surface area contributed by atoms with Crippen LogP contribution < -0.4 is 16.0 Å². The average Bonchev–Trinajstić information content (AvgIpc) is 2.43. The number of benzene rings is 1. The van der Waals surface area contributed by atoms with Crippen molar-refractivity contribution in [2.45, 2.75) is 4.90 Å². The molecule has 10 heteroatoms. The predicted molar refractivity (Wildman–Crippen MR) is 92.4 cm³/mol. The van der Waals surface area contributed by atoms with Crippen LogP contribution >= 0.6 is 47.8 Å². The summed E-state index contributed by atoms with van der Waals surface area (Å²) in [4.78, 5) is 3.77. The summed E-state index contributed by atoms with van der Waals surface area (Å²) in [6.07, 6.45) is 2.66. The van der Waals surface area contributed by atoms with Crippen molar-refractivity contribution in [1.29, 1.82) is 0 Å². The predicted octanol–water partition coefficient (Wildman–Crippen LogP) is 3.46. The van der Waals surface area contributed by atoms with Gasteiger partial charge in [0.05, 0.1) is 11.4 Å². The first-order chi connectivity index (χ1) is 9.85. The highest BCUT2D eigenvalue weighted by Crippen LogP contribution is 2.36. The van der Waals surface area contributed by atoms with Crippen molar-refractivity contribution in [2.75, 3.05) is 10.1 Å². The van der Waals surface area contributed by atoms with Gasteiger partial charge in [-0.25, -0.2) is 8.42 Å². The summed E-state index contributed by atoms with van der Waals surface area (Å²) in [5.41, 5.74) is 2.97. The molecule has 21 heavy (non-hydrogen) atoms. The van der Waals surface area contributed by atoms with E-state index in [1.165, 1.54) is 18.5 Å². The molecule has 112 valence electrons. The summed E-state index contributed by atoms with van der Waals surface area (Å²) >= 11 is 9.95. The summed E-state index contributed by atoms with van der Waals surface area (Å²) in [7, 11) is -3.84. The first kappa shape index (κ1) is 16.7. The van der Waals surface area contributed by atoms with Crippen LogP contribution in [-0.4, -0.2) is 13.4 Å². The van der Waals surface area contributed by atoms with Crippen LogP contribution in [0.15, 0.2) is 48.9 Å². The fourth-order valence-corrected chi connectivity index (χ4v) is 5.48. The van der Waals surface area contributed by atoms with Crippen LogP contribution in [0.2, 0.25) is 0 Å². The van der Waals surface area contributed by atoms with Gasteiger partial charge < -0.3 is 5.43 Å². The Hall–Kier alpha value is -0.680. The second kappa shape index (κ2) is 6.61. The Morgan fingerprint density at radius 3 is 2.33 bits per heavy atom. The maximum absolute atomic E-state index is 12.5. The van der Waals surface area contributed by atoms with Gasteiger partial charge in [0.2, 0.25) is 0 Å². The molecule has 0 saturated carbocycles. The molecule has 0 bridgehead atoms. The number of nitrogens with two attached hydrogens (primary N) is 1. The largest absolute Gasteiger partial charge is 0.323 e. The third kappa shape index (κ3) is 3.75. The Kier molecular flexibility index (Phi) is 5.25. The third-order valence-electron chi connectivity index (χ3n) is 2.47. The lowest BCUT2D eigenvalue weighted by Crippen LogP contribution is -2.18. The van der Waals surface area contributed by atoms with E-state index < -0.39 is 10.0 Å². The number of sulfonamides is 1. The summed E-state index contributed by atoms with van der Waals surface area (Å²) in [6, 6.07) is 4.93. The van der Waals surface area contributed by atoms with E-state index in [0.717, 1.165) is 4.47 Å². The van der Waals surface area contributed by atoms with Gasteiger partial charge in [-0.05, 0) is 50.1 Å². The van der Waals surface area contributed by atoms with Crippen molar-refractivity contribution in [3.63, 3.8) is 0 Å². The molecule has 1 heterocycles. The van der Waals surface area contributed by atoms with Crippen LogP contribution in [0.4, 0.5) is 11.4 Å². The molecule has 0 saturated heterocycles. The molecule has 0 spiro atoms. The zero-order chi connectivity index (χ0) is 15.6. The summed E-state index contributed by atoms with van der Waals surface area (Å²) in [5, 5.41) is 0. The molecular weight excluding hydrogens is 492 g/mol. The van der Waals surface area contributed by atoms with Gasteiger partial charge in [0.15, 0.2) is 0 Å². The van der Waals surface area contributed by atoms with E-state index in [9.17, 15) is 8.42 Å². The van der Waals surface area contributed by atoms with Gasteiger partial charge in [0.1, 0.15) is 4.90 Å². The van der Waals surface area contributed by atoms with E-state index in [2.05, 4.69) is 62.9 Å². The molecule has 0 aliphatic rings. The highest BCUT2D eigenvalue weighted by molar-refractivity contribution is 9.11. The molecule has 2 aromatic rings. The molecule has 2 rings (SSSR count). The van der Waals surface area contributed by atoms with Crippen LogP contribution in [0, 0.1) is 0 Å². The third-order valence-corrected chi connectivity index (χ3v) is 5.56. The van der Waals surface area contributed by atoms with Crippen molar-refractivity contribution >= 4 is 69.2 Å². The second-order valence-electron chi connectivity index (χ2n) is 3.87. The molecule has 4 N–H and O–H groups in total. The van der Waals surface area contributed by atoms with Crippen molar-refractivity contribution in [1.82, 2.24) is 4.98 Å². The first-order valence-corrected chi connectivity index (χ1v) is 9.29. The molecule has 6 nitrogen and oxygen atoms in total. The van der Waals surface area contributed by atoms with Crippen molar-refractivity contribution in [3.05, 3.63) is 44.0 Å². The molecule has 0 unspecified atom stereocenters. The number of hydrazine groups is 1. The van der Waals surface area contributed by atoms with Crippen molar-refractivity contribution in [2.24, 2.45) is 5.84 Å². The molecular formula is C11H9Br3N4O2S. The lowest BCUT2D eigenvalue weighted by atomic mass is 10.3. The van der Waals surface area contributed by atoms with E-state index in [4.69, 9.17) is 5.84 Å². The number of anilines is 2. The molecule has 1 aromatic carbocycles. The van der Waals surface area contributed by atoms with Crippen molar-refractivity contribution < 1.29 is 8.42 Å². The lowest BCUT2D eigenvalue weighted by molar-refractivity contribution is 0.601. The number of nitrogens with one attached hydrogen (secondary N) is 2. The van der Waals surface area contributed by atoms with Gasteiger partial charge in [-0.2, -0.15) is 0 Å². The molecule has 0 aliphatic carbocycles. The fourth-order valence-electron chi connectivity index (χ4n) is 1.54. The summed E-state index contributed by atoms with van der Waals surface area (Å²) in [5.74, 6) is 5.33. The topological polar surface area (TPSA) is 97.1 Å². The number of aromatic nitrogens is 1. The van der Waals surface area contributed by atoms with Gasteiger partial charge in [-0.1, -0.05) is 15.9 Å². The molecule has 1 aromatic heterocycles. The van der Waals surface area contributed by atoms with E-state index in [1.54, 1.807) is 12.1 Å². The number of pyridine rings is 1. The normalized spacial score (nSPS) is 11.2. The maximum Gasteiger partial charge on any atom is 0.265 e. The van der Waals surface area contributed by atoms with Gasteiger partial charge in [-0.3, -0.25) is 15.5 Å². The minimum Gasteiger partial charge on any atom is -0.323 e. The highest BCUT2D eigenvalue weighted by atomic mass is 79.9. The Morgan fingerprint density at radius 2 is 1.76 bits per heavy atom. The standard InChI is InChI=1S/C11H9Br3N4O2S/c12-6-3-7(13)11(8(14)4-6)18-21(19,20)10-5-16-2-1-9(10)17-15/h1-5,18H,15H2,(H,16,17). The quantitative estimate of drug-likeness (QED) is 0.441. The van der Waals surface area contributed by atoms with E-state index in [0.29, 0.717) is 14.6 Å². The van der Waals surface area contributed by atoms with Gasteiger partial charge in [-0.15, -0.1) is 0 Å². The Labute approximate surface area is 146 Å². The average molecular weight is 501 g/mol. The number of rotatable bonds is 4. The Morgan fingerprint density at radius 1 is 1.14 bits per heavy atom. The molecule has 0 fully saturated rings. The monoisotopic (exact) mass is 498 g/mol. The Balaban J connectivity index is 2.48. The number of nitrogens with zero attached hydrogens (tertiary/aromatic N) is 1. The summed E-state index contributed by atoms with van der Waals surface area (Å²) in [6.45, 7) is 0. The molecule has 0 radical (unpaired) electrons. The number of hydrogen-bond acceptors (Lipinski definition) is 5. The van der Waals surface area contributed by atoms with Crippen LogP contribution in [0.5, 0.6) is 0 Å². The van der Waals surface area contributed by atoms with Crippen LogP contribution in [0.1, 0.15) is 0 Å². The van der Waals surface area contributed by atoms with Crippen LogP contribution in [-0.2, 0) is 10.0 Å². The molecule has 0 amide bonds. The smallest absolute Gasteiger partial charge is 0.265 e. The minimum absolute atomic E-state index is 0.0470. The maximum atomic E-state index is 12.5. The lowest BCUT2D eigenvalue weighted by Gasteiger charge is -2.14. The SMILES string of the molecule is NNc1ccncc1S(=O)(=O)Nc1c(Br)cc(Br)cc1Br. The zero-order valence-electron chi connectivity index (χ0n) is 10.3. The van der Waals surface area contributed by atoms with E-state index in [1.807, 2.05) is 0 Å². The van der Waals surface area contributed by atoms with Gasteiger partial charge >= 0.3 is 0 Å².